The van der Waals surface area contributed by atoms with E-state index >= 15 is 0 Å². The van der Waals surface area contributed by atoms with Crippen LogP contribution in [0.3, 0.4) is 0 Å². The molecule has 0 spiro atoms. The van der Waals surface area contributed by atoms with Crippen molar-refractivity contribution in [1.82, 2.24) is 10.1 Å². The molecule has 0 atom stereocenters. The molecule has 23 heavy (non-hydrogen) atoms. The summed E-state index contributed by atoms with van der Waals surface area (Å²) in [5, 5.41) is 13.2. The molecule has 0 aliphatic carbocycles. The summed E-state index contributed by atoms with van der Waals surface area (Å²) in [5.74, 6) is -1.61. The summed E-state index contributed by atoms with van der Waals surface area (Å²) in [6.45, 7) is 0. The van der Waals surface area contributed by atoms with Crippen LogP contribution < -0.4 is 0 Å². The molecule has 6 heteroatoms. The Labute approximate surface area is 130 Å². The summed E-state index contributed by atoms with van der Waals surface area (Å²) in [6, 6.07) is 11.9. The van der Waals surface area contributed by atoms with Crippen LogP contribution in [0.1, 0.15) is 21.7 Å². The second-order valence-corrected chi connectivity index (χ2v) is 4.68. The Hall–Kier alpha value is -3.28. The third-order valence-corrected chi connectivity index (χ3v) is 3.13. The van der Waals surface area contributed by atoms with E-state index in [-0.39, 0.29) is 22.7 Å². The third-order valence-electron chi connectivity index (χ3n) is 3.13. The third kappa shape index (κ3) is 3.16. The van der Waals surface area contributed by atoms with Gasteiger partial charge >= 0.3 is 5.97 Å². The highest BCUT2D eigenvalue weighted by Crippen LogP contribution is 2.25. The first-order chi connectivity index (χ1) is 11.1. The molecule has 1 N–H and O–H groups in total. The van der Waals surface area contributed by atoms with Crippen molar-refractivity contribution in [2.24, 2.45) is 0 Å². The predicted molar refractivity (Wildman–Crippen MR) is 82.0 cm³/mol. The van der Waals surface area contributed by atoms with Gasteiger partial charge in [0.2, 0.25) is 0 Å². The Bertz CT molecular complexity index is 855. The van der Waals surface area contributed by atoms with E-state index in [9.17, 15) is 14.3 Å². The Kier molecular flexibility index (Phi) is 3.97. The minimum absolute atomic E-state index is 0.0604. The lowest BCUT2D eigenvalue weighted by molar-refractivity contribution is 0.0696. The highest BCUT2D eigenvalue weighted by molar-refractivity contribution is 5.98. The van der Waals surface area contributed by atoms with Gasteiger partial charge in [0, 0.05) is 0 Å². The second-order valence-electron chi connectivity index (χ2n) is 4.68. The van der Waals surface area contributed by atoms with Crippen molar-refractivity contribution in [3.8, 4) is 11.4 Å². The molecular formula is C17H11FN2O3. The van der Waals surface area contributed by atoms with Crippen molar-refractivity contribution in [2.75, 3.05) is 0 Å². The molecule has 0 fully saturated rings. The molecule has 0 unspecified atom stereocenters. The zero-order valence-corrected chi connectivity index (χ0v) is 11.8. The average Bonchev–Trinajstić information content (AvgIpc) is 2.99. The van der Waals surface area contributed by atoms with E-state index in [1.807, 2.05) is 30.3 Å². The molecule has 2 aromatic heterocycles. The molecule has 0 amide bonds. The number of hydrogen-bond donors (Lipinski definition) is 1. The Balaban J connectivity index is 2.01. The molecule has 114 valence electrons. The Morgan fingerprint density at radius 2 is 1.91 bits per heavy atom. The Morgan fingerprint density at radius 3 is 2.57 bits per heavy atom. The molecular weight excluding hydrogens is 299 g/mol. The lowest BCUT2D eigenvalue weighted by atomic mass is 10.1. The van der Waals surface area contributed by atoms with Gasteiger partial charge in [-0.2, -0.15) is 0 Å². The first-order valence-corrected chi connectivity index (χ1v) is 6.73. The van der Waals surface area contributed by atoms with Crippen molar-refractivity contribution in [3.63, 3.8) is 0 Å². The number of hydrogen-bond acceptors (Lipinski definition) is 4. The first-order valence-electron chi connectivity index (χ1n) is 6.73. The van der Waals surface area contributed by atoms with E-state index in [4.69, 9.17) is 4.52 Å². The molecule has 0 radical (unpaired) electrons. The lowest BCUT2D eigenvalue weighted by Gasteiger charge is -1.97. The summed E-state index contributed by atoms with van der Waals surface area (Å²) in [6.07, 6.45) is 4.24. The van der Waals surface area contributed by atoms with Gasteiger partial charge in [0.25, 0.3) is 0 Å². The highest BCUT2D eigenvalue weighted by atomic mass is 19.1. The smallest absolute Gasteiger partial charge is 0.342 e. The van der Waals surface area contributed by atoms with Crippen molar-refractivity contribution in [1.29, 1.82) is 0 Å². The monoisotopic (exact) mass is 310 g/mol. The molecule has 3 rings (SSSR count). The summed E-state index contributed by atoms with van der Waals surface area (Å²) in [7, 11) is 0. The van der Waals surface area contributed by atoms with Gasteiger partial charge in [0.1, 0.15) is 17.1 Å². The minimum Gasteiger partial charge on any atom is -0.477 e. The molecule has 2 heterocycles. The van der Waals surface area contributed by atoms with E-state index in [2.05, 4.69) is 10.1 Å². The molecule has 0 aliphatic heterocycles. The van der Waals surface area contributed by atoms with Crippen LogP contribution in [0, 0.1) is 5.82 Å². The van der Waals surface area contributed by atoms with Gasteiger partial charge in [-0.25, -0.2) is 9.18 Å². The van der Waals surface area contributed by atoms with Gasteiger partial charge in [0.15, 0.2) is 5.76 Å². The van der Waals surface area contributed by atoms with Gasteiger partial charge in [-0.15, -0.1) is 0 Å². The standard InChI is InChI=1S/C17H11FN2O3/c18-12-7-8-13(19-10-12)16-15(17(21)22)14(23-20-16)9-6-11-4-2-1-3-5-11/h1-10H,(H,21,22)/b9-6+. The summed E-state index contributed by atoms with van der Waals surface area (Å²) in [5.41, 5.74) is 1.06. The quantitative estimate of drug-likeness (QED) is 0.794. The van der Waals surface area contributed by atoms with Gasteiger partial charge in [0.05, 0.1) is 11.9 Å². The zero-order valence-electron chi connectivity index (χ0n) is 11.8. The average molecular weight is 310 g/mol. The molecule has 0 bridgehead atoms. The van der Waals surface area contributed by atoms with Crippen LogP contribution >= 0.6 is 0 Å². The molecule has 0 aliphatic rings. The van der Waals surface area contributed by atoms with Crippen LogP contribution in [0.4, 0.5) is 4.39 Å². The second kappa shape index (κ2) is 6.23. The zero-order chi connectivity index (χ0) is 16.2. The van der Waals surface area contributed by atoms with E-state index in [0.29, 0.717) is 0 Å². The van der Waals surface area contributed by atoms with Gasteiger partial charge in [-0.1, -0.05) is 41.6 Å². The number of carboxylic acids is 1. The topological polar surface area (TPSA) is 76.2 Å². The summed E-state index contributed by atoms with van der Waals surface area (Å²) >= 11 is 0. The number of aromatic nitrogens is 2. The van der Waals surface area contributed by atoms with Gasteiger partial charge < -0.3 is 9.63 Å². The van der Waals surface area contributed by atoms with Crippen molar-refractivity contribution in [2.45, 2.75) is 0 Å². The fourth-order valence-corrected chi connectivity index (χ4v) is 2.05. The number of carbonyl (C=O) groups is 1. The van der Waals surface area contributed by atoms with Crippen LogP contribution in [-0.4, -0.2) is 21.2 Å². The number of rotatable bonds is 4. The maximum absolute atomic E-state index is 12.9. The van der Waals surface area contributed by atoms with Crippen LogP contribution in [0.2, 0.25) is 0 Å². The molecule has 0 saturated heterocycles. The summed E-state index contributed by atoms with van der Waals surface area (Å²) < 4.78 is 18.1. The van der Waals surface area contributed by atoms with E-state index < -0.39 is 11.8 Å². The number of benzene rings is 1. The number of carboxylic acid groups (broad SMARTS) is 1. The largest absolute Gasteiger partial charge is 0.477 e. The van der Waals surface area contributed by atoms with Crippen molar-refractivity contribution >= 4 is 18.1 Å². The fraction of sp³-hybridized carbons (Fsp3) is 0. The maximum atomic E-state index is 12.9. The van der Waals surface area contributed by atoms with Gasteiger partial charge in [-0.05, 0) is 23.8 Å². The number of halogens is 1. The van der Waals surface area contributed by atoms with Crippen molar-refractivity contribution in [3.05, 3.63) is 71.4 Å². The Morgan fingerprint density at radius 1 is 1.13 bits per heavy atom. The fourth-order valence-electron chi connectivity index (χ4n) is 2.05. The number of pyridine rings is 1. The SMILES string of the molecule is O=C(O)c1c(-c2ccc(F)cn2)noc1/C=C/c1ccccc1. The van der Waals surface area contributed by atoms with Crippen molar-refractivity contribution < 1.29 is 18.8 Å². The van der Waals surface area contributed by atoms with E-state index in [1.54, 1.807) is 6.08 Å². The molecule has 1 aromatic carbocycles. The van der Waals surface area contributed by atoms with E-state index in [0.717, 1.165) is 11.8 Å². The molecule has 5 nitrogen and oxygen atoms in total. The van der Waals surface area contributed by atoms with Crippen LogP contribution in [0.5, 0.6) is 0 Å². The molecule has 3 aromatic rings. The minimum atomic E-state index is -1.19. The lowest BCUT2D eigenvalue weighted by Crippen LogP contribution is -2.00. The van der Waals surface area contributed by atoms with Crippen LogP contribution in [-0.2, 0) is 0 Å². The number of nitrogens with zero attached hydrogens (tertiary/aromatic N) is 2. The van der Waals surface area contributed by atoms with Crippen LogP contribution in [0.25, 0.3) is 23.5 Å². The predicted octanol–water partition coefficient (Wildman–Crippen LogP) is 3.74. The highest BCUT2D eigenvalue weighted by Gasteiger charge is 2.22. The maximum Gasteiger partial charge on any atom is 0.342 e. The molecule has 0 saturated carbocycles. The number of aromatic carboxylic acids is 1. The summed E-state index contributed by atoms with van der Waals surface area (Å²) in [4.78, 5) is 15.4. The van der Waals surface area contributed by atoms with E-state index in [1.165, 1.54) is 18.2 Å². The normalized spacial score (nSPS) is 11.0. The first kappa shape index (κ1) is 14.6. The van der Waals surface area contributed by atoms with Crippen LogP contribution in [0.15, 0.2) is 53.2 Å². The van der Waals surface area contributed by atoms with Gasteiger partial charge in [-0.3, -0.25) is 4.98 Å².